The molecule has 0 aromatic heterocycles. The Bertz CT molecular complexity index is 376. The molecule has 0 aliphatic carbocycles. The maximum Gasteiger partial charge on any atom is 0.257 e. The summed E-state index contributed by atoms with van der Waals surface area (Å²) in [4.78, 5) is 11.3. The first-order chi connectivity index (χ1) is 9.15. The molecule has 0 aliphatic rings. The number of likely N-dealkylation sites (N-methyl/N-ethyl adjacent to an activating group) is 1. The molecule has 0 bridgehead atoms. The highest BCUT2D eigenvalue weighted by Gasteiger charge is 2.02. The molecule has 0 fully saturated rings. The molecule has 19 heavy (non-hydrogen) atoms. The van der Waals surface area contributed by atoms with Crippen LogP contribution in [0.3, 0.4) is 0 Å². The van der Waals surface area contributed by atoms with Crippen molar-refractivity contribution in [1.29, 1.82) is 0 Å². The van der Waals surface area contributed by atoms with Crippen LogP contribution < -0.4 is 15.4 Å². The van der Waals surface area contributed by atoms with Gasteiger partial charge in [0.25, 0.3) is 5.91 Å². The van der Waals surface area contributed by atoms with Gasteiger partial charge in [-0.1, -0.05) is 12.1 Å². The lowest BCUT2D eigenvalue weighted by molar-refractivity contribution is -0.122. The molecule has 1 unspecified atom stereocenters. The summed E-state index contributed by atoms with van der Waals surface area (Å²) in [5.74, 6) is 0.645. The topological polar surface area (TPSA) is 50.4 Å². The van der Waals surface area contributed by atoms with Crippen molar-refractivity contribution >= 4 is 5.91 Å². The van der Waals surface area contributed by atoms with E-state index < -0.39 is 0 Å². The van der Waals surface area contributed by atoms with E-state index in [0.29, 0.717) is 12.6 Å². The van der Waals surface area contributed by atoms with E-state index in [0.717, 1.165) is 18.6 Å². The molecule has 1 aromatic rings. The van der Waals surface area contributed by atoms with Gasteiger partial charge in [0.1, 0.15) is 5.75 Å². The summed E-state index contributed by atoms with van der Waals surface area (Å²) >= 11 is 0. The summed E-state index contributed by atoms with van der Waals surface area (Å²) in [5.41, 5.74) is 1.28. The summed E-state index contributed by atoms with van der Waals surface area (Å²) < 4.78 is 5.40. The molecule has 0 saturated heterocycles. The average molecular weight is 264 g/mol. The molecule has 1 atom stereocenters. The first-order valence-electron chi connectivity index (χ1n) is 6.81. The third kappa shape index (κ3) is 6.25. The lowest BCUT2D eigenvalue weighted by atomic mass is 10.1. The number of hydrogen-bond acceptors (Lipinski definition) is 3. The molecule has 4 heteroatoms. The quantitative estimate of drug-likeness (QED) is 0.752. The smallest absolute Gasteiger partial charge is 0.257 e. The number of carbonyl (C=O) groups excluding carboxylic acids is 1. The van der Waals surface area contributed by atoms with Crippen molar-refractivity contribution in [2.45, 2.75) is 32.7 Å². The molecule has 1 rings (SSSR count). The fourth-order valence-corrected chi connectivity index (χ4v) is 1.68. The number of nitrogens with one attached hydrogen (secondary N) is 2. The van der Waals surface area contributed by atoms with E-state index in [4.69, 9.17) is 4.74 Å². The van der Waals surface area contributed by atoms with Gasteiger partial charge in [0.05, 0.1) is 0 Å². The van der Waals surface area contributed by atoms with Gasteiger partial charge in [0.15, 0.2) is 6.61 Å². The molecule has 4 nitrogen and oxygen atoms in total. The predicted octanol–water partition coefficient (Wildman–Crippen LogP) is 1.74. The Labute approximate surface area is 115 Å². The molecule has 2 N–H and O–H groups in total. The molecule has 0 heterocycles. The molecule has 0 aliphatic heterocycles. The molecule has 1 aromatic carbocycles. The van der Waals surface area contributed by atoms with Gasteiger partial charge in [0, 0.05) is 12.6 Å². The summed E-state index contributed by atoms with van der Waals surface area (Å²) in [6, 6.07) is 8.45. The zero-order valence-electron chi connectivity index (χ0n) is 12.0. The van der Waals surface area contributed by atoms with E-state index in [1.807, 2.05) is 26.1 Å². The molecule has 1 amide bonds. The fourth-order valence-electron chi connectivity index (χ4n) is 1.68. The maximum absolute atomic E-state index is 11.3. The fraction of sp³-hybridized carbons (Fsp3) is 0.533. The second kappa shape index (κ2) is 8.53. The van der Waals surface area contributed by atoms with Crippen LogP contribution >= 0.6 is 0 Å². The lowest BCUT2D eigenvalue weighted by Crippen LogP contribution is -2.28. The number of carbonyl (C=O) groups is 1. The van der Waals surface area contributed by atoms with Crippen LogP contribution in [0, 0.1) is 0 Å². The highest BCUT2D eigenvalue weighted by Crippen LogP contribution is 2.13. The van der Waals surface area contributed by atoms with Gasteiger partial charge in [-0.25, -0.2) is 0 Å². The van der Waals surface area contributed by atoms with Crippen molar-refractivity contribution in [3.8, 4) is 5.75 Å². The van der Waals surface area contributed by atoms with Crippen LogP contribution in [0.4, 0.5) is 0 Å². The Morgan fingerprint density at radius 2 is 2.00 bits per heavy atom. The third-order valence-electron chi connectivity index (χ3n) is 3.03. The Morgan fingerprint density at radius 1 is 1.32 bits per heavy atom. The van der Waals surface area contributed by atoms with Crippen LogP contribution in [0.5, 0.6) is 5.75 Å². The van der Waals surface area contributed by atoms with Crippen LogP contribution in [0.1, 0.15) is 25.8 Å². The Hall–Kier alpha value is -1.55. The van der Waals surface area contributed by atoms with Gasteiger partial charge >= 0.3 is 0 Å². The van der Waals surface area contributed by atoms with E-state index in [2.05, 4.69) is 29.7 Å². The van der Waals surface area contributed by atoms with Crippen molar-refractivity contribution in [2.75, 3.05) is 20.2 Å². The monoisotopic (exact) mass is 264 g/mol. The normalized spacial score (nSPS) is 11.9. The minimum Gasteiger partial charge on any atom is -0.484 e. The number of hydrogen-bond donors (Lipinski definition) is 2. The second-order valence-corrected chi connectivity index (χ2v) is 4.61. The minimum absolute atomic E-state index is 0.0734. The third-order valence-corrected chi connectivity index (χ3v) is 3.03. The van der Waals surface area contributed by atoms with Crippen LogP contribution in [0.2, 0.25) is 0 Å². The Balaban J connectivity index is 2.37. The lowest BCUT2D eigenvalue weighted by Gasteiger charge is -2.10. The molecule has 0 saturated carbocycles. The Kier molecular flexibility index (Phi) is 6.97. The standard InChI is InChI=1S/C15H24N2O2/c1-4-17-15(18)11-19-14-9-7-13(8-10-14)6-5-12(2)16-3/h7-10,12,16H,4-6,11H2,1-3H3,(H,17,18). The summed E-state index contributed by atoms with van der Waals surface area (Å²) in [6.07, 6.45) is 2.15. The molecule has 106 valence electrons. The van der Waals surface area contributed by atoms with Crippen molar-refractivity contribution in [1.82, 2.24) is 10.6 Å². The Morgan fingerprint density at radius 3 is 2.58 bits per heavy atom. The van der Waals surface area contributed by atoms with E-state index in [9.17, 15) is 4.79 Å². The zero-order valence-corrected chi connectivity index (χ0v) is 12.0. The van der Waals surface area contributed by atoms with Crippen LogP contribution in [0.15, 0.2) is 24.3 Å². The van der Waals surface area contributed by atoms with Crippen molar-refractivity contribution in [2.24, 2.45) is 0 Å². The van der Waals surface area contributed by atoms with Gasteiger partial charge in [-0.3, -0.25) is 4.79 Å². The first kappa shape index (κ1) is 15.5. The van der Waals surface area contributed by atoms with Crippen LogP contribution in [0.25, 0.3) is 0 Å². The van der Waals surface area contributed by atoms with Gasteiger partial charge in [-0.2, -0.15) is 0 Å². The number of aryl methyl sites for hydroxylation is 1. The van der Waals surface area contributed by atoms with Gasteiger partial charge in [-0.15, -0.1) is 0 Å². The second-order valence-electron chi connectivity index (χ2n) is 4.61. The number of benzene rings is 1. The highest BCUT2D eigenvalue weighted by atomic mass is 16.5. The molecular weight excluding hydrogens is 240 g/mol. The number of ether oxygens (including phenoxy) is 1. The highest BCUT2D eigenvalue weighted by molar-refractivity contribution is 5.77. The van der Waals surface area contributed by atoms with Crippen LogP contribution in [-0.4, -0.2) is 32.1 Å². The summed E-state index contributed by atoms with van der Waals surface area (Å²) in [6.45, 7) is 4.76. The van der Waals surface area contributed by atoms with E-state index in [1.165, 1.54) is 5.56 Å². The number of amides is 1. The van der Waals surface area contributed by atoms with Crippen molar-refractivity contribution in [3.63, 3.8) is 0 Å². The zero-order chi connectivity index (χ0) is 14.1. The minimum atomic E-state index is -0.0885. The van der Waals surface area contributed by atoms with Crippen molar-refractivity contribution < 1.29 is 9.53 Å². The maximum atomic E-state index is 11.3. The first-order valence-corrected chi connectivity index (χ1v) is 6.81. The predicted molar refractivity (Wildman–Crippen MR) is 77.5 cm³/mol. The molecule has 0 spiro atoms. The summed E-state index contributed by atoms with van der Waals surface area (Å²) in [7, 11) is 1.98. The van der Waals surface area contributed by atoms with Gasteiger partial charge in [-0.05, 0) is 51.4 Å². The van der Waals surface area contributed by atoms with E-state index in [-0.39, 0.29) is 12.5 Å². The van der Waals surface area contributed by atoms with Crippen molar-refractivity contribution in [3.05, 3.63) is 29.8 Å². The summed E-state index contributed by atoms with van der Waals surface area (Å²) in [5, 5.41) is 5.92. The SMILES string of the molecule is CCNC(=O)COc1ccc(CCC(C)NC)cc1. The molecule has 0 radical (unpaired) electrons. The number of rotatable bonds is 8. The van der Waals surface area contributed by atoms with Crippen LogP contribution in [-0.2, 0) is 11.2 Å². The van der Waals surface area contributed by atoms with Gasteiger partial charge in [0.2, 0.25) is 0 Å². The average Bonchev–Trinajstić information content (AvgIpc) is 2.44. The largest absolute Gasteiger partial charge is 0.484 e. The van der Waals surface area contributed by atoms with Gasteiger partial charge < -0.3 is 15.4 Å². The molecular formula is C15H24N2O2. The van der Waals surface area contributed by atoms with E-state index in [1.54, 1.807) is 0 Å². The van der Waals surface area contributed by atoms with E-state index >= 15 is 0 Å².